The summed E-state index contributed by atoms with van der Waals surface area (Å²) in [6.45, 7) is 8.21. The van der Waals surface area contributed by atoms with Crippen LogP contribution in [-0.4, -0.2) is 18.3 Å². The van der Waals surface area contributed by atoms with E-state index in [1.54, 1.807) is 0 Å². The van der Waals surface area contributed by atoms with Gasteiger partial charge in [-0.05, 0) is 57.4 Å². The van der Waals surface area contributed by atoms with E-state index in [9.17, 15) is 0 Å². The van der Waals surface area contributed by atoms with E-state index in [2.05, 4.69) is 27.7 Å². The normalized spacial score (nSPS) is 19.2. The molecule has 0 unspecified atom stereocenters. The number of hydrogen-bond donors (Lipinski definition) is 0. The first-order valence-electron chi connectivity index (χ1n) is 7.56. The molecular formula is C18H21BO3. The van der Waals surface area contributed by atoms with Crippen LogP contribution < -0.4 is 10.2 Å². The average Bonchev–Trinajstić information content (AvgIpc) is 2.69. The molecule has 22 heavy (non-hydrogen) atoms. The van der Waals surface area contributed by atoms with Crippen LogP contribution in [-0.2, 0) is 9.31 Å². The molecule has 0 radical (unpaired) electrons. The quantitative estimate of drug-likeness (QED) is 0.807. The van der Waals surface area contributed by atoms with Gasteiger partial charge in [0.15, 0.2) is 0 Å². The Morgan fingerprint density at radius 1 is 0.773 bits per heavy atom. The van der Waals surface area contributed by atoms with Gasteiger partial charge < -0.3 is 14.0 Å². The summed E-state index contributed by atoms with van der Waals surface area (Å²) in [7, 11) is -0.371. The molecule has 0 amide bonds. The molecule has 0 saturated carbocycles. The Balaban J connectivity index is 1.81. The fourth-order valence-corrected chi connectivity index (χ4v) is 2.33. The Kier molecular flexibility index (Phi) is 3.75. The van der Waals surface area contributed by atoms with Gasteiger partial charge in [0.25, 0.3) is 0 Å². The zero-order valence-corrected chi connectivity index (χ0v) is 13.5. The Bertz CT molecular complexity index is 636. The second kappa shape index (κ2) is 5.45. The predicted molar refractivity (Wildman–Crippen MR) is 88.7 cm³/mol. The highest BCUT2D eigenvalue weighted by Crippen LogP contribution is 2.36. The summed E-state index contributed by atoms with van der Waals surface area (Å²) < 4.78 is 18.0. The van der Waals surface area contributed by atoms with Crippen molar-refractivity contribution in [2.24, 2.45) is 0 Å². The maximum Gasteiger partial charge on any atom is 0.494 e. The monoisotopic (exact) mass is 296 g/mol. The van der Waals surface area contributed by atoms with Crippen LogP contribution in [0.2, 0.25) is 0 Å². The minimum Gasteiger partial charge on any atom is -0.457 e. The van der Waals surface area contributed by atoms with Crippen molar-refractivity contribution in [3.63, 3.8) is 0 Å². The molecule has 1 saturated heterocycles. The summed E-state index contributed by atoms with van der Waals surface area (Å²) in [5.74, 6) is 1.59. The fraction of sp³-hybridized carbons (Fsp3) is 0.333. The Labute approximate surface area is 132 Å². The Morgan fingerprint density at radius 2 is 1.36 bits per heavy atom. The smallest absolute Gasteiger partial charge is 0.457 e. The number of rotatable bonds is 3. The van der Waals surface area contributed by atoms with Crippen LogP contribution >= 0.6 is 0 Å². The van der Waals surface area contributed by atoms with Crippen molar-refractivity contribution in [2.75, 3.05) is 0 Å². The van der Waals surface area contributed by atoms with Crippen molar-refractivity contribution in [3.05, 3.63) is 54.6 Å². The van der Waals surface area contributed by atoms with E-state index < -0.39 is 0 Å². The van der Waals surface area contributed by atoms with Gasteiger partial charge in [-0.2, -0.15) is 0 Å². The Hall–Kier alpha value is -1.78. The highest BCUT2D eigenvalue weighted by molar-refractivity contribution is 6.62. The molecule has 4 heteroatoms. The van der Waals surface area contributed by atoms with Crippen LogP contribution in [0.5, 0.6) is 11.5 Å². The maximum absolute atomic E-state index is 6.08. The van der Waals surface area contributed by atoms with Crippen LogP contribution in [0.25, 0.3) is 0 Å². The molecule has 3 rings (SSSR count). The summed E-state index contributed by atoms with van der Waals surface area (Å²) in [5, 5.41) is 0. The number of hydrogen-bond acceptors (Lipinski definition) is 3. The number of para-hydroxylation sites is 1. The van der Waals surface area contributed by atoms with E-state index in [1.807, 2.05) is 54.6 Å². The third kappa shape index (κ3) is 2.89. The lowest BCUT2D eigenvalue weighted by Crippen LogP contribution is -2.41. The summed E-state index contributed by atoms with van der Waals surface area (Å²) >= 11 is 0. The van der Waals surface area contributed by atoms with E-state index in [1.165, 1.54) is 0 Å². The largest absolute Gasteiger partial charge is 0.494 e. The van der Waals surface area contributed by atoms with Crippen LogP contribution in [0, 0.1) is 0 Å². The molecule has 0 bridgehead atoms. The van der Waals surface area contributed by atoms with Gasteiger partial charge in [-0.15, -0.1) is 0 Å². The minimum atomic E-state index is -0.371. The molecule has 2 aromatic carbocycles. The molecular weight excluding hydrogens is 275 g/mol. The van der Waals surface area contributed by atoms with Gasteiger partial charge in [0, 0.05) is 0 Å². The fourth-order valence-electron chi connectivity index (χ4n) is 2.33. The van der Waals surface area contributed by atoms with Gasteiger partial charge in [-0.25, -0.2) is 0 Å². The first-order valence-corrected chi connectivity index (χ1v) is 7.56. The Morgan fingerprint density at radius 3 is 2.00 bits per heavy atom. The lowest BCUT2D eigenvalue weighted by atomic mass is 9.79. The van der Waals surface area contributed by atoms with Gasteiger partial charge >= 0.3 is 7.12 Å². The predicted octanol–water partition coefficient (Wildman–Crippen LogP) is 3.78. The minimum absolute atomic E-state index is 0.339. The van der Waals surface area contributed by atoms with Crippen molar-refractivity contribution in [2.45, 2.75) is 38.9 Å². The van der Waals surface area contributed by atoms with E-state index in [0.29, 0.717) is 0 Å². The van der Waals surface area contributed by atoms with Crippen molar-refractivity contribution < 1.29 is 14.0 Å². The van der Waals surface area contributed by atoms with E-state index in [4.69, 9.17) is 14.0 Å². The summed E-state index contributed by atoms with van der Waals surface area (Å²) in [4.78, 5) is 0. The summed E-state index contributed by atoms with van der Waals surface area (Å²) in [5.41, 5.74) is 0.286. The van der Waals surface area contributed by atoms with Gasteiger partial charge in [0.1, 0.15) is 11.5 Å². The lowest BCUT2D eigenvalue weighted by Gasteiger charge is -2.32. The van der Waals surface area contributed by atoms with E-state index in [0.717, 1.165) is 17.0 Å². The molecule has 114 valence electrons. The third-order valence-electron chi connectivity index (χ3n) is 4.36. The number of ether oxygens (including phenoxy) is 1. The third-order valence-corrected chi connectivity index (χ3v) is 4.36. The molecule has 0 N–H and O–H groups in total. The second-order valence-corrected chi connectivity index (χ2v) is 6.58. The standard InChI is InChI=1S/C18H21BO3/c1-17(2)18(3,4)22-19(21-17)14-9-8-12-16(13-14)20-15-10-6-5-7-11-15/h5-13H,1-4H3. The lowest BCUT2D eigenvalue weighted by molar-refractivity contribution is 0.00578. The van der Waals surface area contributed by atoms with E-state index >= 15 is 0 Å². The van der Waals surface area contributed by atoms with Crippen molar-refractivity contribution in [1.82, 2.24) is 0 Å². The van der Waals surface area contributed by atoms with Crippen molar-refractivity contribution in [1.29, 1.82) is 0 Å². The molecule has 1 aliphatic heterocycles. The zero-order valence-electron chi connectivity index (χ0n) is 13.5. The van der Waals surface area contributed by atoms with Crippen LogP contribution in [0.1, 0.15) is 27.7 Å². The van der Waals surface area contributed by atoms with Crippen molar-refractivity contribution in [3.8, 4) is 11.5 Å². The molecule has 1 aliphatic rings. The molecule has 3 nitrogen and oxygen atoms in total. The van der Waals surface area contributed by atoms with Crippen LogP contribution in [0.15, 0.2) is 54.6 Å². The number of benzene rings is 2. The first-order chi connectivity index (χ1) is 10.4. The molecule has 0 aromatic heterocycles. The zero-order chi connectivity index (χ0) is 15.8. The summed E-state index contributed by atoms with van der Waals surface area (Å²) in [6, 6.07) is 17.6. The van der Waals surface area contributed by atoms with E-state index in [-0.39, 0.29) is 18.3 Å². The van der Waals surface area contributed by atoms with Crippen LogP contribution in [0.4, 0.5) is 0 Å². The SMILES string of the molecule is CC1(C)OB(c2cccc(Oc3ccccc3)c2)OC1(C)C. The maximum atomic E-state index is 6.08. The molecule has 0 aliphatic carbocycles. The highest BCUT2D eigenvalue weighted by Gasteiger charge is 2.51. The second-order valence-electron chi connectivity index (χ2n) is 6.58. The van der Waals surface area contributed by atoms with Crippen LogP contribution in [0.3, 0.4) is 0 Å². The average molecular weight is 296 g/mol. The highest BCUT2D eigenvalue weighted by atomic mass is 16.7. The molecule has 1 heterocycles. The van der Waals surface area contributed by atoms with Gasteiger partial charge in [-0.3, -0.25) is 0 Å². The van der Waals surface area contributed by atoms with Gasteiger partial charge in [0.05, 0.1) is 11.2 Å². The summed E-state index contributed by atoms with van der Waals surface area (Å²) in [6.07, 6.45) is 0. The molecule has 0 atom stereocenters. The topological polar surface area (TPSA) is 27.7 Å². The first kappa shape index (κ1) is 15.1. The molecule has 1 fully saturated rings. The van der Waals surface area contributed by atoms with Crippen molar-refractivity contribution >= 4 is 12.6 Å². The van der Waals surface area contributed by atoms with Gasteiger partial charge in [-0.1, -0.05) is 30.3 Å². The van der Waals surface area contributed by atoms with Gasteiger partial charge in [0.2, 0.25) is 0 Å². The molecule has 0 spiro atoms. The molecule has 2 aromatic rings.